The number of benzene rings is 2. The lowest BCUT2D eigenvalue weighted by Gasteiger charge is -2.06. The summed E-state index contributed by atoms with van der Waals surface area (Å²) in [5.41, 5.74) is 2.52. The van der Waals surface area contributed by atoms with Gasteiger partial charge < -0.3 is 10.1 Å². The maximum Gasteiger partial charge on any atom is 0.264 e. The van der Waals surface area contributed by atoms with Crippen LogP contribution in [0.3, 0.4) is 0 Å². The van der Waals surface area contributed by atoms with E-state index in [0.717, 1.165) is 23.4 Å². The van der Waals surface area contributed by atoms with E-state index in [1.165, 1.54) is 0 Å². The Morgan fingerprint density at radius 2 is 1.79 bits per heavy atom. The van der Waals surface area contributed by atoms with Gasteiger partial charge in [0.15, 0.2) is 5.17 Å². The molecule has 1 aliphatic rings. The maximum atomic E-state index is 12.8. The van der Waals surface area contributed by atoms with Gasteiger partial charge in [-0.15, -0.1) is 5.10 Å². The van der Waals surface area contributed by atoms with Crippen molar-refractivity contribution in [2.24, 2.45) is 4.99 Å². The Kier molecular flexibility index (Phi) is 5.72. The second kappa shape index (κ2) is 8.75. The first-order chi connectivity index (χ1) is 13.8. The summed E-state index contributed by atoms with van der Waals surface area (Å²) < 4.78 is 7.62. The fourth-order valence-electron chi connectivity index (χ4n) is 2.82. The van der Waals surface area contributed by atoms with Crippen LogP contribution in [0.4, 0.5) is 0 Å². The number of nitrogens with zero attached hydrogens (tertiary/aromatic N) is 3. The number of aliphatic imine (C=N–C) groups is 1. The monoisotopic (exact) mass is 392 g/mol. The van der Waals surface area contributed by atoms with Gasteiger partial charge in [-0.05, 0) is 11.1 Å². The van der Waals surface area contributed by atoms with E-state index in [-0.39, 0.29) is 5.91 Å². The Bertz CT molecular complexity index is 971. The number of amides is 1. The van der Waals surface area contributed by atoms with Crippen LogP contribution in [0.15, 0.2) is 71.9 Å². The Balaban J connectivity index is 1.55. The van der Waals surface area contributed by atoms with Gasteiger partial charge in [0.1, 0.15) is 12.2 Å². The average molecular weight is 392 g/mol. The molecule has 142 valence electrons. The van der Waals surface area contributed by atoms with Crippen molar-refractivity contribution < 1.29 is 9.53 Å². The van der Waals surface area contributed by atoms with Crippen molar-refractivity contribution in [3.63, 3.8) is 0 Å². The number of hydrogen-bond donors (Lipinski definition) is 1. The fourth-order valence-corrected chi connectivity index (χ4v) is 3.54. The first-order valence-electron chi connectivity index (χ1n) is 9.04. The van der Waals surface area contributed by atoms with Crippen molar-refractivity contribution in [1.29, 1.82) is 0 Å². The molecule has 0 spiro atoms. The number of amidine groups is 1. The van der Waals surface area contributed by atoms with E-state index < -0.39 is 0 Å². The predicted molar refractivity (Wildman–Crippen MR) is 111 cm³/mol. The van der Waals surface area contributed by atoms with Crippen LogP contribution in [0.1, 0.15) is 21.5 Å². The smallest absolute Gasteiger partial charge is 0.264 e. The molecule has 0 bridgehead atoms. The van der Waals surface area contributed by atoms with Gasteiger partial charge in [0.2, 0.25) is 5.88 Å². The minimum Gasteiger partial charge on any atom is -0.471 e. The zero-order valence-corrected chi connectivity index (χ0v) is 16.1. The fraction of sp³-hybridized carbons (Fsp3) is 0.190. The number of carbonyl (C=O) groups is 1. The van der Waals surface area contributed by atoms with Crippen molar-refractivity contribution in [1.82, 2.24) is 15.1 Å². The van der Waals surface area contributed by atoms with E-state index in [0.29, 0.717) is 29.8 Å². The minimum absolute atomic E-state index is 0.254. The summed E-state index contributed by atoms with van der Waals surface area (Å²) in [6.45, 7) is 1.63. The molecule has 0 aliphatic carbocycles. The largest absolute Gasteiger partial charge is 0.471 e. The number of ether oxygens (including phenoxy) is 1. The van der Waals surface area contributed by atoms with Gasteiger partial charge in [0.05, 0.1) is 13.1 Å². The third kappa shape index (κ3) is 4.61. The van der Waals surface area contributed by atoms with Crippen LogP contribution in [0.25, 0.3) is 0 Å². The molecule has 6 nitrogen and oxygen atoms in total. The third-order valence-corrected chi connectivity index (χ3v) is 5.08. The number of carbonyl (C=O) groups excluding carboxylic acids is 1. The summed E-state index contributed by atoms with van der Waals surface area (Å²) in [7, 11) is 0. The molecule has 0 saturated carbocycles. The highest BCUT2D eigenvalue weighted by molar-refractivity contribution is 8.14. The minimum atomic E-state index is -0.254. The first-order valence-corrected chi connectivity index (χ1v) is 10.0. The number of nitrogens with one attached hydrogen (secondary N) is 1. The molecular formula is C21H20N4O2S. The van der Waals surface area contributed by atoms with Gasteiger partial charge in [-0.25, -0.2) is 0 Å². The summed E-state index contributed by atoms with van der Waals surface area (Å²) in [4.78, 5) is 17.0. The molecule has 4 rings (SSSR count). The summed E-state index contributed by atoms with van der Waals surface area (Å²) >= 11 is 1.54. The summed E-state index contributed by atoms with van der Waals surface area (Å²) in [6.07, 6.45) is 1.73. The number of rotatable bonds is 6. The summed E-state index contributed by atoms with van der Waals surface area (Å²) in [6, 6.07) is 19.8. The molecule has 1 amide bonds. The second-order valence-electron chi connectivity index (χ2n) is 6.29. The highest BCUT2D eigenvalue weighted by Crippen LogP contribution is 2.20. The van der Waals surface area contributed by atoms with E-state index in [4.69, 9.17) is 4.74 Å². The highest BCUT2D eigenvalue weighted by Gasteiger charge is 2.21. The average Bonchev–Trinajstić information content (AvgIpc) is 3.38. The van der Waals surface area contributed by atoms with E-state index in [1.807, 2.05) is 60.7 Å². The van der Waals surface area contributed by atoms with Crippen molar-refractivity contribution in [2.45, 2.75) is 13.2 Å². The SMILES string of the molecule is O=C(NC1=NCCS1)c1cn(Cc2ccccc2)nc1OCc1ccccc1. The molecule has 0 unspecified atom stereocenters. The third-order valence-electron chi connectivity index (χ3n) is 4.18. The maximum absolute atomic E-state index is 12.8. The van der Waals surface area contributed by atoms with Crippen LogP contribution in [0, 0.1) is 0 Å². The molecule has 28 heavy (non-hydrogen) atoms. The van der Waals surface area contributed by atoms with Crippen molar-refractivity contribution >= 4 is 22.8 Å². The van der Waals surface area contributed by atoms with E-state index >= 15 is 0 Å². The molecule has 2 aromatic carbocycles. The van der Waals surface area contributed by atoms with Gasteiger partial charge in [-0.3, -0.25) is 14.5 Å². The van der Waals surface area contributed by atoms with Gasteiger partial charge in [0, 0.05) is 11.9 Å². The molecular weight excluding hydrogens is 372 g/mol. The topological polar surface area (TPSA) is 68.5 Å². The molecule has 1 aromatic heterocycles. The Hall–Kier alpha value is -3.06. The summed E-state index contributed by atoms with van der Waals surface area (Å²) in [5.74, 6) is 0.955. The van der Waals surface area contributed by atoms with E-state index in [2.05, 4.69) is 15.4 Å². The van der Waals surface area contributed by atoms with Crippen LogP contribution in [-0.2, 0) is 13.2 Å². The van der Waals surface area contributed by atoms with Crippen molar-refractivity contribution in [2.75, 3.05) is 12.3 Å². The van der Waals surface area contributed by atoms with Crippen LogP contribution >= 0.6 is 11.8 Å². The molecule has 7 heteroatoms. The molecule has 0 radical (unpaired) electrons. The van der Waals surface area contributed by atoms with Crippen LogP contribution < -0.4 is 10.1 Å². The summed E-state index contributed by atoms with van der Waals surface area (Å²) in [5, 5.41) is 8.00. The molecule has 0 atom stereocenters. The van der Waals surface area contributed by atoms with Gasteiger partial charge >= 0.3 is 0 Å². The molecule has 0 saturated heterocycles. The van der Waals surface area contributed by atoms with Crippen LogP contribution in [0.2, 0.25) is 0 Å². The standard InChI is InChI=1S/C21H20N4O2S/c26-19(23-21-22-11-12-28-21)18-14-25(13-16-7-3-1-4-8-16)24-20(18)27-15-17-9-5-2-6-10-17/h1-10,14H,11-13,15H2,(H,22,23,26). The Labute approximate surface area is 167 Å². The normalized spacial score (nSPS) is 13.2. The van der Waals surface area contributed by atoms with Crippen LogP contribution in [0.5, 0.6) is 5.88 Å². The molecule has 2 heterocycles. The first kappa shape index (κ1) is 18.3. The molecule has 1 aliphatic heterocycles. The van der Waals surface area contributed by atoms with Gasteiger partial charge in [-0.2, -0.15) is 0 Å². The van der Waals surface area contributed by atoms with Gasteiger partial charge in [0.25, 0.3) is 5.91 Å². The number of hydrogen-bond acceptors (Lipinski definition) is 5. The van der Waals surface area contributed by atoms with E-state index in [1.54, 1.807) is 22.6 Å². The Morgan fingerprint density at radius 1 is 1.07 bits per heavy atom. The molecule has 3 aromatic rings. The molecule has 0 fully saturated rings. The lowest BCUT2D eigenvalue weighted by Crippen LogP contribution is -2.27. The Morgan fingerprint density at radius 3 is 2.46 bits per heavy atom. The zero-order chi connectivity index (χ0) is 19.2. The lowest BCUT2D eigenvalue weighted by atomic mass is 10.2. The highest BCUT2D eigenvalue weighted by atomic mass is 32.2. The number of aromatic nitrogens is 2. The van der Waals surface area contributed by atoms with Crippen molar-refractivity contribution in [3.05, 3.63) is 83.6 Å². The lowest BCUT2D eigenvalue weighted by molar-refractivity contribution is 0.0973. The second-order valence-corrected chi connectivity index (χ2v) is 7.38. The van der Waals surface area contributed by atoms with Crippen LogP contribution in [-0.4, -0.2) is 33.2 Å². The van der Waals surface area contributed by atoms with E-state index in [9.17, 15) is 4.79 Å². The van der Waals surface area contributed by atoms with Gasteiger partial charge in [-0.1, -0.05) is 72.4 Å². The quantitative estimate of drug-likeness (QED) is 0.699. The van der Waals surface area contributed by atoms with Crippen molar-refractivity contribution in [3.8, 4) is 5.88 Å². The molecule has 1 N–H and O–H groups in total. The predicted octanol–water partition coefficient (Wildman–Crippen LogP) is 3.34. The number of thioether (sulfide) groups is 1. The zero-order valence-electron chi connectivity index (χ0n) is 15.2.